The van der Waals surface area contributed by atoms with Gasteiger partial charge in [0.1, 0.15) is 18.1 Å². The monoisotopic (exact) mass is 796 g/mol. The Morgan fingerprint density at radius 2 is 1.66 bits per heavy atom. The number of hydrogen-bond acceptors (Lipinski definition) is 10. The Morgan fingerprint density at radius 3 is 2.34 bits per heavy atom. The van der Waals surface area contributed by atoms with Crippen molar-refractivity contribution in [1.29, 1.82) is 0 Å². The van der Waals surface area contributed by atoms with Gasteiger partial charge in [-0.15, -0.1) is 0 Å². The number of halogens is 2. The number of fused-ring (bicyclic) bond motifs is 4. The molecule has 4 aliphatic rings. The van der Waals surface area contributed by atoms with E-state index in [1.165, 1.54) is 37.4 Å². The summed E-state index contributed by atoms with van der Waals surface area (Å²) in [6.07, 6.45) is 2.10. The van der Waals surface area contributed by atoms with E-state index in [4.69, 9.17) is 32.7 Å². The summed E-state index contributed by atoms with van der Waals surface area (Å²) in [4.78, 5) is 71.1. The molecule has 15 heteroatoms. The van der Waals surface area contributed by atoms with Crippen molar-refractivity contribution in [3.8, 4) is 11.5 Å². The van der Waals surface area contributed by atoms with Crippen LogP contribution in [-0.4, -0.2) is 59.0 Å². The SMILES string of the molecule is COc1ccc([C@@]23C(=O)N(Nc4ccc(Cl)cc4Cl)C(=O)[C@@H]2C[C@@H]2C(=CC[C@@H]4C(=O)N(c5ccc([N+](=O)[O-])cc5)C(=O)[C@@H]42)[C@@H]3c2ccccc2OCCO)cc1. The van der Waals surface area contributed by atoms with Crippen LogP contribution >= 0.6 is 23.2 Å². The lowest BCUT2D eigenvalue weighted by molar-refractivity contribution is -0.384. The molecular formula is C41H34Cl2N4O9. The highest BCUT2D eigenvalue weighted by Crippen LogP contribution is 2.65. The Morgan fingerprint density at radius 1 is 0.929 bits per heavy atom. The minimum absolute atomic E-state index is 0.0272. The number of rotatable bonds is 10. The molecular weight excluding hydrogens is 763 g/mol. The molecule has 1 saturated carbocycles. The summed E-state index contributed by atoms with van der Waals surface area (Å²) in [5.74, 6) is -5.55. The van der Waals surface area contributed by atoms with Gasteiger partial charge in [-0.1, -0.05) is 65.2 Å². The van der Waals surface area contributed by atoms with E-state index in [0.29, 0.717) is 33.2 Å². The number of amides is 4. The van der Waals surface area contributed by atoms with Gasteiger partial charge in [-0.2, -0.15) is 5.01 Å². The highest BCUT2D eigenvalue weighted by atomic mass is 35.5. The lowest BCUT2D eigenvalue weighted by atomic mass is 9.49. The van der Waals surface area contributed by atoms with Gasteiger partial charge in [-0.05, 0) is 72.9 Å². The minimum Gasteiger partial charge on any atom is -0.497 e. The van der Waals surface area contributed by atoms with Crippen molar-refractivity contribution in [2.24, 2.45) is 23.7 Å². The summed E-state index contributed by atoms with van der Waals surface area (Å²) >= 11 is 12.7. The number of hydrazine groups is 1. The first-order chi connectivity index (χ1) is 27.0. The molecule has 0 spiro atoms. The fraction of sp³-hybridized carbons (Fsp3) is 0.268. The Hall–Kier alpha value is -5.76. The number of ether oxygens (including phenoxy) is 2. The Kier molecular flexibility index (Phi) is 9.55. The highest BCUT2D eigenvalue weighted by Gasteiger charge is 2.70. The number of imide groups is 2. The maximum Gasteiger partial charge on any atom is 0.269 e. The predicted octanol–water partition coefficient (Wildman–Crippen LogP) is 6.47. The van der Waals surface area contributed by atoms with E-state index in [1.807, 2.05) is 12.1 Å². The third kappa shape index (κ3) is 5.72. The quantitative estimate of drug-likeness (QED) is 0.0786. The number of allylic oxidation sites excluding steroid dienone is 2. The van der Waals surface area contributed by atoms with Crippen molar-refractivity contribution in [2.45, 2.75) is 24.2 Å². The number of non-ortho nitro benzene ring substituents is 1. The van der Waals surface area contributed by atoms with Gasteiger partial charge < -0.3 is 14.6 Å². The van der Waals surface area contributed by atoms with Crippen LogP contribution < -0.4 is 19.8 Å². The largest absolute Gasteiger partial charge is 0.497 e. The van der Waals surface area contributed by atoms with Gasteiger partial charge >= 0.3 is 0 Å². The predicted molar refractivity (Wildman–Crippen MR) is 205 cm³/mol. The second-order valence-electron chi connectivity index (χ2n) is 14.1. The van der Waals surface area contributed by atoms with Crippen molar-refractivity contribution < 1.29 is 38.7 Å². The molecule has 4 amide bonds. The highest BCUT2D eigenvalue weighted by molar-refractivity contribution is 6.36. The van der Waals surface area contributed by atoms with Crippen molar-refractivity contribution in [3.63, 3.8) is 0 Å². The van der Waals surface area contributed by atoms with Crippen LogP contribution in [0.1, 0.15) is 29.9 Å². The molecule has 0 unspecified atom stereocenters. The molecule has 2 saturated heterocycles. The number of aliphatic hydroxyl groups is 1. The number of nitrogens with one attached hydrogen (secondary N) is 1. The van der Waals surface area contributed by atoms with Crippen LogP contribution in [0, 0.1) is 33.8 Å². The van der Waals surface area contributed by atoms with Crippen LogP contribution in [0.25, 0.3) is 0 Å². The first-order valence-corrected chi connectivity index (χ1v) is 18.7. The molecule has 0 aromatic heterocycles. The molecule has 286 valence electrons. The fourth-order valence-corrected chi connectivity index (χ4v) is 9.62. The van der Waals surface area contributed by atoms with Crippen LogP contribution in [0.15, 0.2) is 103 Å². The number of aliphatic hydroxyl groups excluding tert-OH is 1. The summed E-state index contributed by atoms with van der Waals surface area (Å²) in [7, 11) is 1.52. The van der Waals surface area contributed by atoms with E-state index in [9.17, 15) is 24.8 Å². The number of para-hydroxylation sites is 1. The number of benzene rings is 4. The van der Waals surface area contributed by atoms with Crippen molar-refractivity contribution in [2.75, 3.05) is 30.6 Å². The van der Waals surface area contributed by atoms with Crippen molar-refractivity contribution in [1.82, 2.24) is 5.01 Å². The standard InChI is InChI=1S/C41H34Cl2N4O9/c1-55-26-13-6-22(7-14-26)41-31(38(50)46(40(41)52)44-33-17-8-23(42)20-32(33)43)21-30-27(36(41)28-4-2-3-5-34(28)56-19-18-48)15-16-29-35(30)39(51)45(37(29)49)24-9-11-25(12-10-24)47(53)54/h2-15,17,20,29-31,35-36,44,48H,16,18-19,21H2,1H3/t29-,30+,31-,35-,36+,41+/m0/s1. The second kappa shape index (κ2) is 14.4. The van der Waals surface area contributed by atoms with E-state index < -0.39 is 63.6 Å². The Labute approximate surface area is 330 Å². The summed E-state index contributed by atoms with van der Waals surface area (Å²) < 4.78 is 11.6. The zero-order chi connectivity index (χ0) is 39.5. The molecule has 4 aromatic carbocycles. The van der Waals surface area contributed by atoms with Crippen LogP contribution in [0.2, 0.25) is 10.0 Å². The van der Waals surface area contributed by atoms with Gasteiger partial charge in [-0.25, -0.2) is 0 Å². The fourth-order valence-electron chi connectivity index (χ4n) is 9.17. The average Bonchev–Trinajstić information content (AvgIpc) is 3.58. The zero-order valence-corrected chi connectivity index (χ0v) is 31.3. The van der Waals surface area contributed by atoms with Crippen molar-refractivity contribution >= 4 is 63.9 Å². The molecule has 2 heterocycles. The molecule has 2 N–H and O–H groups in total. The van der Waals surface area contributed by atoms with Gasteiger partial charge in [0.15, 0.2) is 0 Å². The van der Waals surface area contributed by atoms with Gasteiger partial charge in [0.05, 0.1) is 58.2 Å². The number of carbonyl (C=O) groups excluding carboxylic acids is 4. The molecule has 0 bridgehead atoms. The summed E-state index contributed by atoms with van der Waals surface area (Å²) in [6.45, 7) is -0.338. The van der Waals surface area contributed by atoms with E-state index in [0.717, 1.165) is 9.91 Å². The molecule has 2 aliphatic heterocycles. The maximum absolute atomic E-state index is 15.5. The second-order valence-corrected chi connectivity index (χ2v) is 15.0. The first kappa shape index (κ1) is 37.2. The number of anilines is 2. The number of nitrogens with zero attached hydrogens (tertiary/aromatic N) is 3. The molecule has 56 heavy (non-hydrogen) atoms. The molecule has 13 nitrogen and oxygen atoms in total. The normalized spacial score (nSPS) is 25.4. The van der Waals surface area contributed by atoms with Crippen LogP contribution in [0.4, 0.5) is 17.1 Å². The number of nitro benzene ring substituents is 1. The topological polar surface area (TPSA) is 169 Å². The van der Waals surface area contributed by atoms with Crippen LogP contribution in [-0.2, 0) is 24.6 Å². The molecule has 0 radical (unpaired) electrons. The molecule has 3 fully saturated rings. The molecule has 6 atom stereocenters. The first-order valence-electron chi connectivity index (χ1n) is 17.9. The molecule has 4 aromatic rings. The van der Waals surface area contributed by atoms with E-state index in [-0.39, 0.29) is 48.1 Å². The zero-order valence-electron chi connectivity index (χ0n) is 29.8. The van der Waals surface area contributed by atoms with Gasteiger partial charge in [0.2, 0.25) is 11.8 Å². The lowest BCUT2D eigenvalue weighted by Gasteiger charge is -2.50. The lowest BCUT2D eigenvalue weighted by Crippen LogP contribution is -2.53. The Bertz CT molecular complexity index is 2320. The third-order valence-corrected chi connectivity index (χ3v) is 12.0. The number of methoxy groups -OCH3 is 1. The number of hydrogen-bond donors (Lipinski definition) is 2. The smallest absolute Gasteiger partial charge is 0.269 e. The third-order valence-electron chi connectivity index (χ3n) is 11.5. The summed E-state index contributed by atoms with van der Waals surface area (Å²) in [5, 5.41) is 22.6. The van der Waals surface area contributed by atoms with Crippen LogP contribution in [0.5, 0.6) is 11.5 Å². The number of nitro groups is 1. The maximum atomic E-state index is 15.5. The van der Waals surface area contributed by atoms with Gasteiger partial charge in [0, 0.05) is 28.6 Å². The summed E-state index contributed by atoms with van der Waals surface area (Å²) in [5.41, 5.74) is 3.38. The molecule has 8 rings (SSSR count). The minimum atomic E-state index is -1.62. The number of carbonyl (C=O) groups is 4. The Balaban J connectivity index is 1.32. The molecule has 2 aliphatic carbocycles. The van der Waals surface area contributed by atoms with Gasteiger partial charge in [-0.3, -0.25) is 39.6 Å². The average molecular weight is 798 g/mol. The van der Waals surface area contributed by atoms with E-state index in [2.05, 4.69) is 5.43 Å². The van der Waals surface area contributed by atoms with E-state index >= 15 is 9.59 Å². The van der Waals surface area contributed by atoms with E-state index in [1.54, 1.807) is 54.6 Å². The summed E-state index contributed by atoms with van der Waals surface area (Å²) in [6, 6.07) is 23.9. The van der Waals surface area contributed by atoms with Crippen LogP contribution in [0.3, 0.4) is 0 Å². The van der Waals surface area contributed by atoms with Crippen molar-refractivity contribution in [3.05, 3.63) is 134 Å². The van der Waals surface area contributed by atoms with Gasteiger partial charge in [0.25, 0.3) is 17.5 Å².